The lowest BCUT2D eigenvalue weighted by Crippen LogP contribution is -2.38. The molecule has 2 N–H and O–H groups in total. The van der Waals surface area contributed by atoms with Crippen molar-refractivity contribution in [3.8, 4) is 0 Å². The lowest BCUT2D eigenvalue weighted by molar-refractivity contribution is 0.0923. The summed E-state index contributed by atoms with van der Waals surface area (Å²) < 4.78 is 7.49. The fraction of sp³-hybridized carbons (Fsp3) is 0.579. The summed E-state index contributed by atoms with van der Waals surface area (Å²) in [4.78, 5) is 14.8. The first-order valence-electron chi connectivity index (χ1n) is 9.54. The number of carbonyl (C=O) groups excluding carboxylic acids is 1. The highest BCUT2D eigenvalue weighted by molar-refractivity contribution is 5.92. The van der Waals surface area contributed by atoms with Gasteiger partial charge in [-0.3, -0.25) is 14.4 Å². The zero-order valence-corrected chi connectivity index (χ0v) is 16.9. The van der Waals surface area contributed by atoms with E-state index in [0.717, 1.165) is 44.8 Å². The molecule has 0 aliphatic carbocycles. The summed E-state index contributed by atoms with van der Waals surface area (Å²) in [5.74, 6) is 0.726. The summed E-state index contributed by atoms with van der Waals surface area (Å²) in [7, 11) is 0. The van der Waals surface area contributed by atoms with Crippen molar-refractivity contribution in [2.45, 2.75) is 38.8 Å². The van der Waals surface area contributed by atoms with Gasteiger partial charge in [0.2, 0.25) is 0 Å². The van der Waals surface area contributed by atoms with Crippen LogP contribution in [0.2, 0.25) is 0 Å². The second kappa shape index (κ2) is 10.5. The second-order valence-corrected chi connectivity index (χ2v) is 6.64. The number of piperidine rings is 1. The Morgan fingerprint density at radius 3 is 2.89 bits per heavy atom. The van der Waals surface area contributed by atoms with Crippen molar-refractivity contribution in [1.82, 2.24) is 25.3 Å². The first kappa shape index (κ1) is 21.5. The van der Waals surface area contributed by atoms with E-state index in [2.05, 4.69) is 34.5 Å². The maximum atomic E-state index is 12.6. The molecule has 1 aliphatic heterocycles. The van der Waals surface area contributed by atoms with E-state index in [1.165, 1.54) is 0 Å². The highest BCUT2D eigenvalue weighted by Gasteiger charge is 2.23. The van der Waals surface area contributed by atoms with E-state index >= 15 is 0 Å². The van der Waals surface area contributed by atoms with Crippen LogP contribution in [0.1, 0.15) is 55.0 Å². The number of amides is 1. The summed E-state index contributed by atoms with van der Waals surface area (Å²) in [6.45, 7) is 8.46. The molecular weight excluding hydrogens is 366 g/mol. The van der Waals surface area contributed by atoms with Gasteiger partial charge in [0, 0.05) is 19.3 Å². The van der Waals surface area contributed by atoms with E-state index in [1.54, 1.807) is 12.3 Å². The van der Waals surface area contributed by atoms with Gasteiger partial charge >= 0.3 is 0 Å². The van der Waals surface area contributed by atoms with Gasteiger partial charge < -0.3 is 15.1 Å². The lowest BCUT2D eigenvalue weighted by Gasteiger charge is -2.28. The van der Waals surface area contributed by atoms with Gasteiger partial charge in [0.1, 0.15) is 11.5 Å². The standard InChI is InChI=1S/C19H29N5O2.ClH/c1-3-23(4-2)17(18-8-6-12-26-18)14-21-19(25)16-9-11-24(22-16)15-7-5-10-20-13-15;/h6,8-9,11-12,15,17,20H,3-5,7,10,13-14H2,1-2H3,(H,21,25);1H. The monoisotopic (exact) mass is 395 g/mol. The Balaban J connectivity index is 0.00000261. The highest BCUT2D eigenvalue weighted by Crippen LogP contribution is 2.20. The Hall–Kier alpha value is -1.83. The van der Waals surface area contributed by atoms with E-state index in [9.17, 15) is 4.79 Å². The smallest absolute Gasteiger partial charge is 0.271 e. The number of hydrogen-bond donors (Lipinski definition) is 2. The number of carbonyl (C=O) groups is 1. The highest BCUT2D eigenvalue weighted by atomic mass is 35.5. The molecule has 2 atom stereocenters. The average Bonchev–Trinajstić information content (AvgIpc) is 3.37. The maximum Gasteiger partial charge on any atom is 0.271 e. The number of aromatic nitrogens is 2. The molecule has 3 rings (SSSR count). The van der Waals surface area contributed by atoms with Crippen LogP contribution < -0.4 is 10.6 Å². The molecule has 0 saturated carbocycles. The van der Waals surface area contributed by atoms with Gasteiger partial charge in [-0.1, -0.05) is 13.8 Å². The normalized spacial score (nSPS) is 18.1. The molecule has 2 aromatic rings. The number of hydrogen-bond acceptors (Lipinski definition) is 5. The van der Waals surface area contributed by atoms with E-state index in [0.29, 0.717) is 18.3 Å². The lowest BCUT2D eigenvalue weighted by atomic mass is 10.1. The molecule has 3 heterocycles. The van der Waals surface area contributed by atoms with Crippen molar-refractivity contribution >= 4 is 18.3 Å². The van der Waals surface area contributed by atoms with Crippen LogP contribution in [0.15, 0.2) is 35.1 Å². The third kappa shape index (κ3) is 5.34. The Morgan fingerprint density at radius 2 is 2.26 bits per heavy atom. The minimum Gasteiger partial charge on any atom is -0.468 e. The van der Waals surface area contributed by atoms with Crippen LogP contribution in [0.5, 0.6) is 0 Å². The van der Waals surface area contributed by atoms with Gasteiger partial charge in [-0.2, -0.15) is 5.10 Å². The average molecular weight is 396 g/mol. The first-order chi connectivity index (χ1) is 12.7. The Morgan fingerprint density at radius 1 is 1.44 bits per heavy atom. The molecule has 0 radical (unpaired) electrons. The van der Waals surface area contributed by atoms with Crippen molar-refractivity contribution in [1.29, 1.82) is 0 Å². The van der Waals surface area contributed by atoms with Crippen LogP contribution in [0, 0.1) is 0 Å². The molecule has 0 spiro atoms. The topological polar surface area (TPSA) is 75.3 Å². The molecule has 150 valence electrons. The van der Waals surface area contributed by atoms with Gasteiger partial charge in [-0.15, -0.1) is 12.4 Å². The Bertz CT molecular complexity index is 678. The summed E-state index contributed by atoms with van der Waals surface area (Å²) >= 11 is 0. The third-order valence-electron chi connectivity index (χ3n) is 5.07. The zero-order valence-electron chi connectivity index (χ0n) is 16.1. The fourth-order valence-electron chi connectivity index (χ4n) is 3.56. The number of rotatable bonds is 8. The summed E-state index contributed by atoms with van der Waals surface area (Å²) in [6.07, 6.45) is 5.81. The fourth-order valence-corrected chi connectivity index (χ4v) is 3.56. The number of likely N-dealkylation sites (N-methyl/N-ethyl adjacent to an activating group) is 1. The van der Waals surface area contributed by atoms with E-state index in [1.807, 2.05) is 23.0 Å². The predicted molar refractivity (Wildman–Crippen MR) is 107 cm³/mol. The van der Waals surface area contributed by atoms with Gasteiger partial charge in [0.25, 0.3) is 5.91 Å². The quantitative estimate of drug-likeness (QED) is 0.718. The second-order valence-electron chi connectivity index (χ2n) is 6.64. The summed E-state index contributed by atoms with van der Waals surface area (Å²) in [6, 6.07) is 5.99. The Kier molecular flexibility index (Phi) is 8.34. The molecule has 7 nitrogen and oxygen atoms in total. The predicted octanol–water partition coefficient (Wildman–Crippen LogP) is 2.64. The largest absolute Gasteiger partial charge is 0.468 e. The van der Waals surface area contributed by atoms with Crippen molar-refractivity contribution in [2.75, 3.05) is 32.7 Å². The molecule has 1 fully saturated rings. The van der Waals surface area contributed by atoms with Crippen LogP contribution >= 0.6 is 12.4 Å². The number of nitrogens with one attached hydrogen (secondary N) is 2. The molecule has 1 aliphatic rings. The molecule has 2 unspecified atom stereocenters. The van der Waals surface area contributed by atoms with Crippen molar-refractivity contribution in [3.63, 3.8) is 0 Å². The molecule has 0 bridgehead atoms. The van der Waals surface area contributed by atoms with Gasteiger partial charge in [-0.25, -0.2) is 0 Å². The number of nitrogens with zero attached hydrogens (tertiary/aromatic N) is 3. The van der Waals surface area contributed by atoms with E-state index in [4.69, 9.17) is 4.42 Å². The van der Waals surface area contributed by atoms with Crippen molar-refractivity contribution in [2.24, 2.45) is 0 Å². The van der Waals surface area contributed by atoms with Crippen LogP contribution in [0.25, 0.3) is 0 Å². The van der Waals surface area contributed by atoms with Gasteiger partial charge in [0.05, 0.1) is 18.3 Å². The van der Waals surface area contributed by atoms with E-state index in [-0.39, 0.29) is 24.4 Å². The third-order valence-corrected chi connectivity index (χ3v) is 5.07. The minimum absolute atomic E-state index is 0. The zero-order chi connectivity index (χ0) is 18.4. The molecule has 8 heteroatoms. The molecular formula is C19H30ClN5O2. The van der Waals surface area contributed by atoms with Crippen LogP contribution in [-0.4, -0.2) is 53.3 Å². The summed E-state index contributed by atoms with van der Waals surface area (Å²) in [5, 5.41) is 10.9. The van der Waals surface area contributed by atoms with Crippen molar-refractivity contribution in [3.05, 3.63) is 42.1 Å². The van der Waals surface area contributed by atoms with Crippen LogP contribution in [0.4, 0.5) is 0 Å². The molecule has 1 amide bonds. The Labute approximate surface area is 166 Å². The van der Waals surface area contributed by atoms with Gasteiger partial charge in [0.15, 0.2) is 0 Å². The first-order valence-corrected chi connectivity index (χ1v) is 9.54. The minimum atomic E-state index is -0.142. The van der Waals surface area contributed by atoms with Crippen molar-refractivity contribution < 1.29 is 9.21 Å². The molecule has 1 saturated heterocycles. The summed E-state index contributed by atoms with van der Waals surface area (Å²) in [5.41, 5.74) is 0.466. The SMILES string of the molecule is CCN(CC)C(CNC(=O)c1ccn(C2CCCNC2)n1)c1ccco1.Cl. The van der Waals surface area contributed by atoms with E-state index < -0.39 is 0 Å². The molecule has 0 aromatic carbocycles. The number of furan rings is 1. The van der Waals surface area contributed by atoms with Crippen LogP contribution in [0.3, 0.4) is 0 Å². The maximum absolute atomic E-state index is 12.6. The number of halogens is 1. The van der Waals surface area contributed by atoms with Crippen LogP contribution in [-0.2, 0) is 0 Å². The molecule has 2 aromatic heterocycles. The van der Waals surface area contributed by atoms with Gasteiger partial charge in [-0.05, 0) is 50.7 Å². The molecule has 27 heavy (non-hydrogen) atoms.